The SMILES string of the molecule is Cn1ncc(Br)c1C(O)C1C(C)(C)C1(C)C. The van der Waals surface area contributed by atoms with Crippen LogP contribution in [0, 0.1) is 16.7 Å². The van der Waals surface area contributed by atoms with E-state index in [1.165, 1.54) is 0 Å². The fourth-order valence-corrected chi connectivity index (χ4v) is 3.53. The predicted molar refractivity (Wildman–Crippen MR) is 66.9 cm³/mol. The van der Waals surface area contributed by atoms with Crippen molar-refractivity contribution in [3.8, 4) is 0 Å². The molecule has 1 saturated carbocycles. The van der Waals surface area contributed by atoms with Gasteiger partial charge in [0.1, 0.15) is 6.10 Å². The highest BCUT2D eigenvalue weighted by atomic mass is 79.9. The Hall–Kier alpha value is -0.350. The molecule has 90 valence electrons. The molecular formula is C12H19BrN2O. The Morgan fingerprint density at radius 2 is 1.88 bits per heavy atom. The van der Waals surface area contributed by atoms with Gasteiger partial charge in [-0.15, -0.1) is 0 Å². The summed E-state index contributed by atoms with van der Waals surface area (Å²) in [4.78, 5) is 0. The molecule has 1 atom stereocenters. The van der Waals surface area contributed by atoms with E-state index < -0.39 is 6.10 Å². The van der Waals surface area contributed by atoms with Gasteiger partial charge in [0, 0.05) is 13.0 Å². The van der Waals surface area contributed by atoms with Crippen LogP contribution in [0.4, 0.5) is 0 Å². The van der Waals surface area contributed by atoms with Gasteiger partial charge in [0.2, 0.25) is 0 Å². The maximum atomic E-state index is 10.5. The minimum Gasteiger partial charge on any atom is -0.386 e. The standard InChI is InChI=1S/C12H19BrN2O/c1-11(2)10(12(11,3)4)9(16)8-7(13)6-14-15(8)5/h6,9-10,16H,1-5H3. The average molecular weight is 287 g/mol. The Morgan fingerprint density at radius 3 is 2.19 bits per heavy atom. The van der Waals surface area contributed by atoms with Gasteiger partial charge >= 0.3 is 0 Å². The maximum absolute atomic E-state index is 10.5. The molecule has 4 heteroatoms. The molecule has 1 aromatic heterocycles. The minimum atomic E-state index is -0.452. The van der Waals surface area contributed by atoms with Gasteiger partial charge in [0.15, 0.2) is 0 Å². The highest BCUT2D eigenvalue weighted by Crippen LogP contribution is 2.72. The number of hydrogen-bond acceptors (Lipinski definition) is 2. The van der Waals surface area contributed by atoms with E-state index >= 15 is 0 Å². The third kappa shape index (κ3) is 1.39. The van der Waals surface area contributed by atoms with Crippen molar-refractivity contribution in [2.75, 3.05) is 0 Å². The molecule has 2 rings (SSSR count). The van der Waals surface area contributed by atoms with Crippen molar-refractivity contribution in [2.45, 2.75) is 33.8 Å². The fraction of sp³-hybridized carbons (Fsp3) is 0.750. The van der Waals surface area contributed by atoms with Gasteiger partial charge in [0.05, 0.1) is 16.4 Å². The van der Waals surface area contributed by atoms with Crippen molar-refractivity contribution >= 4 is 15.9 Å². The molecule has 0 saturated heterocycles. The van der Waals surface area contributed by atoms with E-state index in [-0.39, 0.29) is 16.7 Å². The Balaban J connectivity index is 2.33. The topological polar surface area (TPSA) is 38.0 Å². The second kappa shape index (κ2) is 3.33. The molecule has 0 radical (unpaired) electrons. The predicted octanol–water partition coefficient (Wildman–Crippen LogP) is 2.90. The van der Waals surface area contributed by atoms with Crippen LogP contribution in [0.1, 0.15) is 39.5 Å². The maximum Gasteiger partial charge on any atom is 0.101 e. The van der Waals surface area contributed by atoms with Crippen molar-refractivity contribution in [2.24, 2.45) is 23.8 Å². The lowest BCUT2D eigenvalue weighted by Gasteiger charge is -2.14. The van der Waals surface area contributed by atoms with Crippen LogP contribution >= 0.6 is 15.9 Å². The summed E-state index contributed by atoms with van der Waals surface area (Å²) >= 11 is 3.45. The fourth-order valence-electron chi connectivity index (χ4n) is 2.95. The van der Waals surface area contributed by atoms with Crippen LogP contribution < -0.4 is 0 Å². The average Bonchev–Trinajstić information content (AvgIpc) is 2.39. The lowest BCUT2D eigenvalue weighted by molar-refractivity contribution is 0.121. The molecule has 1 aliphatic rings. The molecule has 0 aromatic carbocycles. The lowest BCUT2D eigenvalue weighted by atomic mass is 10.0. The second-order valence-corrected chi connectivity index (χ2v) is 6.72. The zero-order valence-corrected chi connectivity index (χ0v) is 12.0. The van der Waals surface area contributed by atoms with Crippen molar-refractivity contribution in [1.82, 2.24) is 9.78 Å². The summed E-state index contributed by atoms with van der Waals surface area (Å²) in [5.41, 5.74) is 1.23. The molecule has 1 heterocycles. The van der Waals surface area contributed by atoms with Crippen LogP contribution in [-0.2, 0) is 7.05 Å². The van der Waals surface area contributed by atoms with Crippen LogP contribution in [0.3, 0.4) is 0 Å². The number of aryl methyl sites for hydroxylation is 1. The number of nitrogens with zero attached hydrogens (tertiary/aromatic N) is 2. The minimum absolute atomic E-state index is 0.177. The number of hydrogen-bond donors (Lipinski definition) is 1. The number of aliphatic hydroxyl groups excluding tert-OH is 1. The monoisotopic (exact) mass is 286 g/mol. The van der Waals surface area contributed by atoms with E-state index in [4.69, 9.17) is 0 Å². The molecule has 0 bridgehead atoms. The third-order valence-corrected chi connectivity index (χ3v) is 5.28. The van der Waals surface area contributed by atoms with E-state index in [1.807, 2.05) is 7.05 Å². The summed E-state index contributed by atoms with van der Waals surface area (Å²) in [6.45, 7) is 8.85. The Kier molecular flexibility index (Phi) is 2.52. The molecule has 1 unspecified atom stereocenters. The normalized spacial score (nSPS) is 24.4. The Labute approximate surface area is 105 Å². The lowest BCUT2D eigenvalue weighted by Crippen LogP contribution is -2.11. The van der Waals surface area contributed by atoms with E-state index in [0.717, 1.165) is 10.2 Å². The number of halogens is 1. The molecular weight excluding hydrogens is 268 g/mol. The highest BCUT2D eigenvalue weighted by Gasteiger charge is 2.67. The molecule has 1 aliphatic carbocycles. The highest BCUT2D eigenvalue weighted by molar-refractivity contribution is 9.10. The third-order valence-electron chi connectivity index (χ3n) is 4.67. The summed E-state index contributed by atoms with van der Waals surface area (Å²) in [6.07, 6.45) is 1.29. The summed E-state index contributed by atoms with van der Waals surface area (Å²) < 4.78 is 2.64. The van der Waals surface area contributed by atoms with Crippen LogP contribution in [0.2, 0.25) is 0 Å². The van der Waals surface area contributed by atoms with Crippen LogP contribution in [0.25, 0.3) is 0 Å². The number of aliphatic hydroxyl groups is 1. The first-order valence-electron chi connectivity index (χ1n) is 5.56. The van der Waals surface area contributed by atoms with E-state index in [2.05, 4.69) is 48.7 Å². The van der Waals surface area contributed by atoms with E-state index in [1.54, 1.807) is 10.9 Å². The van der Waals surface area contributed by atoms with Crippen molar-refractivity contribution in [3.05, 3.63) is 16.4 Å². The van der Waals surface area contributed by atoms with Gasteiger partial charge in [-0.25, -0.2) is 0 Å². The van der Waals surface area contributed by atoms with Gasteiger partial charge in [0.25, 0.3) is 0 Å². The van der Waals surface area contributed by atoms with Crippen molar-refractivity contribution in [3.63, 3.8) is 0 Å². The summed E-state index contributed by atoms with van der Waals surface area (Å²) in [5, 5.41) is 14.6. The molecule has 16 heavy (non-hydrogen) atoms. The van der Waals surface area contributed by atoms with Gasteiger partial charge in [-0.05, 0) is 26.8 Å². The number of rotatable bonds is 2. The van der Waals surface area contributed by atoms with Gasteiger partial charge in [-0.3, -0.25) is 4.68 Å². The molecule has 1 N–H and O–H groups in total. The quantitative estimate of drug-likeness (QED) is 0.908. The van der Waals surface area contributed by atoms with Crippen LogP contribution in [0.5, 0.6) is 0 Å². The molecule has 1 aromatic rings. The smallest absolute Gasteiger partial charge is 0.101 e. The number of aromatic nitrogens is 2. The Morgan fingerprint density at radius 1 is 1.38 bits per heavy atom. The largest absolute Gasteiger partial charge is 0.386 e. The molecule has 0 spiro atoms. The summed E-state index contributed by atoms with van der Waals surface area (Å²) in [7, 11) is 1.87. The zero-order chi connectivity index (χ0) is 12.3. The van der Waals surface area contributed by atoms with Gasteiger partial charge in [-0.2, -0.15) is 5.10 Å². The second-order valence-electron chi connectivity index (χ2n) is 5.87. The van der Waals surface area contributed by atoms with Crippen molar-refractivity contribution < 1.29 is 5.11 Å². The first kappa shape index (κ1) is 12.1. The molecule has 1 fully saturated rings. The van der Waals surface area contributed by atoms with Gasteiger partial charge < -0.3 is 5.11 Å². The molecule has 0 amide bonds. The van der Waals surface area contributed by atoms with E-state index in [9.17, 15) is 5.11 Å². The summed E-state index contributed by atoms with van der Waals surface area (Å²) in [5.74, 6) is 0.284. The van der Waals surface area contributed by atoms with E-state index in [0.29, 0.717) is 0 Å². The first-order chi connectivity index (χ1) is 7.21. The molecule has 0 aliphatic heterocycles. The van der Waals surface area contributed by atoms with Crippen LogP contribution in [-0.4, -0.2) is 14.9 Å². The molecule has 3 nitrogen and oxygen atoms in total. The first-order valence-corrected chi connectivity index (χ1v) is 6.36. The summed E-state index contributed by atoms with van der Waals surface area (Å²) in [6, 6.07) is 0. The van der Waals surface area contributed by atoms with Crippen molar-refractivity contribution in [1.29, 1.82) is 0 Å². The van der Waals surface area contributed by atoms with Crippen LogP contribution in [0.15, 0.2) is 10.7 Å². The zero-order valence-electron chi connectivity index (χ0n) is 10.5. The van der Waals surface area contributed by atoms with Gasteiger partial charge in [-0.1, -0.05) is 27.7 Å². The Bertz CT molecular complexity index is 389.